The summed E-state index contributed by atoms with van der Waals surface area (Å²) in [5.41, 5.74) is 3.74. The van der Waals surface area contributed by atoms with E-state index in [0.29, 0.717) is 22.0 Å². The van der Waals surface area contributed by atoms with Gasteiger partial charge in [-0.2, -0.15) is 0 Å². The highest BCUT2D eigenvalue weighted by atomic mass is 32.2. The zero-order chi connectivity index (χ0) is 22.0. The number of carboxylic acid groups (broad SMARTS) is 1. The van der Waals surface area contributed by atoms with Crippen LogP contribution in [0.3, 0.4) is 0 Å². The van der Waals surface area contributed by atoms with E-state index in [2.05, 4.69) is 29.7 Å². The molecule has 158 valence electrons. The molecule has 3 aromatic rings. The minimum atomic E-state index is -0.989. The normalized spacial score (nSPS) is 17.0. The summed E-state index contributed by atoms with van der Waals surface area (Å²) in [6.07, 6.45) is 2.68. The van der Waals surface area contributed by atoms with Crippen LogP contribution in [0.25, 0.3) is 17.4 Å². The van der Waals surface area contributed by atoms with E-state index in [1.54, 1.807) is 36.4 Å². The number of carboxylic acids is 1. The number of nitrogens with one attached hydrogen (secondary N) is 2. The minimum absolute atomic E-state index is 0.172. The molecule has 1 aromatic heterocycles. The lowest BCUT2D eigenvalue weighted by atomic mass is 10.0. The van der Waals surface area contributed by atoms with E-state index in [-0.39, 0.29) is 17.0 Å². The van der Waals surface area contributed by atoms with Crippen LogP contribution in [-0.2, 0) is 11.2 Å². The third kappa shape index (κ3) is 4.67. The number of rotatable bonds is 6. The van der Waals surface area contributed by atoms with Crippen LogP contribution in [0.1, 0.15) is 34.2 Å². The summed E-state index contributed by atoms with van der Waals surface area (Å²) in [5, 5.41) is 15.4. The summed E-state index contributed by atoms with van der Waals surface area (Å²) in [4.78, 5) is 24.2. The molecule has 31 heavy (non-hydrogen) atoms. The van der Waals surface area contributed by atoms with Gasteiger partial charge < -0.3 is 20.2 Å². The van der Waals surface area contributed by atoms with Crippen molar-refractivity contribution in [2.24, 2.45) is 0 Å². The number of thioether (sulfide) groups is 1. The van der Waals surface area contributed by atoms with Gasteiger partial charge in [-0.1, -0.05) is 36.9 Å². The van der Waals surface area contributed by atoms with E-state index in [0.717, 1.165) is 17.7 Å². The molecule has 1 aliphatic heterocycles. The Morgan fingerprint density at radius 3 is 2.68 bits per heavy atom. The van der Waals surface area contributed by atoms with Crippen molar-refractivity contribution in [3.8, 4) is 11.3 Å². The Morgan fingerprint density at radius 2 is 1.97 bits per heavy atom. The topological polar surface area (TPSA) is 91.6 Å². The largest absolute Gasteiger partial charge is 0.478 e. The highest BCUT2D eigenvalue weighted by molar-refractivity contribution is 8.05. The van der Waals surface area contributed by atoms with Crippen LogP contribution in [0.2, 0.25) is 0 Å². The van der Waals surface area contributed by atoms with E-state index in [4.69, 9.17) is 4.42 Å². The Kier molecular flexibility index (Phi) is 5.86. The lowest BCUT2D eigenvalue weighted by molar-refractivity contribution is -0.116. The number of carbonyl (C=O) groups is 2. The van der Waals surface area contributed by atoms with Gasteiger partial charge in [-0.25, -0.2) is 4.79 Å². The molecular weight excluding hydrogens is 412 g/mol. The average molecular weight is 435 g/mol. The number of carbonyl (C=O) groups excluding carboxylic acids is 1. The predicted octanol–water partition coefficient (Wildman–Crippen LogP) is 5.12. The number of furan rings is 1. The second-order valence-electron chi connectivity index (χ2n) is 7.21. The Balaban J connectivity index is 1.49. The first-order valence-corrected chi connectivity index (χ1v) is 10.8. The molecular formula is C24H22N2O4S. The lowest BCUT2D eigenvalue weighted by Crippen LogP contribution is -2.30. The molecule has 4 rings (SSSR count). The Hall–Kier alpha value is -3.45. The SMILES string of the molecule is CCc1ccc(N[C@@H]2NC(=O)/C(=C/c3ccc(-c4cc(C(=O)O)ccc4C)o3)S2)cc1. The van der Waals surface area contributed by atoms with E-state index >= 15 is 0 Å². The van der Waals surface area contributed by atoms with Gasteiger partial charge in [-0.15, -0.1) is 0 Å². The molecule has 0 bridgehead atoms. The fourth-order valence-corrected chi connectivity index (χ4v) is 4.24. The molecule has 0 unspecified atom stereocenters. The second-order valence-corrected chi connectivity index (χ2v) is 8.36. The summed E-state index contributed by atoms with van der Waals surface area (Å²) in [7, 11) is 0. The molecule has 1 atom stereocenters. The number of benzene rings is 2. The molecule has 3 N–H and O–H groups in total. The maximum atomic E-state index is 12.4. The van der Waals surface area contributed by atoms with Gasteiger partial charge in [0.25, 0.3) is 5.91 Å². The van der Waals surface area contributed by atoms with Crippen molar-refractivity contribution in [1.82, 2.24) is 5.32 Å². The molecule has 0 radical (unpaired) electrons. The van der Waals surface area contributed by atoms with Crippen molar-refractivity contribution >= 4 is 35.4 Å². The van der Waals surface area contributed by atoms with Crippen LogP contribution in [0.4, 0.5) is 5.69 Å². The van der Waals surface area contributed by atoms with Gasteiger partial charge >= 0.3 is 5.97 Å². The van der Waals surface area contributed by atoms with Crippen molar-refractivity contribution in [2.45, 2.75) is 25.8 Å². The maximum absolute atomic E-state index is 12.4. The fourth-order valence-electron chi connectivity index (χ4n) is 3.28. The van der Waals surface area contributed by atoms with Gasteiger partial charge in [-0.3, -0.25) is 4.79 Å². The molecule has 2 aromatic carbocycles. The van der Waals surface area contributed by atoms with Gasteiger partial charge in [0.05, 0.1) is 10.5 Å². The third-order valence-electron chi connectivity index (χ3n) is 5.04. The monoisotopic (exact) mass is 434 g/mol. The molecule has 1 aliphatic rings. The Labute approximate surface area is 184 Å². The quantitative estimate of drug-likeness (QED) is 0.467. The first kappa shape index (κ1) is 20.8. The summed E-state index contributed by atoms with van der Waals surface area (Å²) >= 11 is 1.38. The van der Waals surface area contributed by atoms with Gasteiger partial charge in [0, 0.05) is 17.3 Å². The fraction of sp³-hybridized carbons (Fsp3) is 0.167. The number of anilines is 1. The Morgan fingerprint density at radius 1 is 1.19 bits per heavy atom. The Bertz CT molecular complexity index is 1160. The molecule has 1 amide bonds. The number of aryl methyl sites for hydroxylation is 2. The molecule has 0 saturated carbocycles. The number of hydrogen-bond acceptors (Lipinski definition) is 5. The second kappa shape index (κ2) is 8.73. The summed E-state index contributed by atoms with van der Waals surface area (Å²) in [5.74, 6) is -0.0750. The smallest absolute Gasteiger partial charge is 0.335 e. The van der Waals surface area contributed by atoms with Crippen molar-refractivity contribution in [1.29, 1.82) is 0 Å². The van der Waals surface area contributed by atoms with E-state index in [9.17, 15) is 14.7 Å². The summed E-state index contributed by atoms with van der Waals surface area (Å²) in [6, 6.07) is 16.6. The zero-order valence-electron chi connectivity index (χ0n) is 17.1. The van der Waals surface area contributed by atoms with Crippen LogP contribution in [-0.4, -0.2) is 22.5 Å². The van der Waals surface area contributed by atoms with Crippen LogP contribution in [0.5, 0.6) is 0 Å². The number of aromatic carboxylic acids is 1. The molecule has 0 spiro atoms. The van der Waals surface area contributed by atoms with Crippen molar-refractivity contribution in [3.05, 3.63) is 82.0 Å². The van der Waals surface area contributed by atoms with E-state index < -0.39 is 5.97 Å². The molecule has 7 heteroatoms. The molecule has 0 aliphatic carbocycles. The molecule has 2 heterocycles. The lowest BCUT2D eigenvalue weighted by Gasteiger charge is -2.12. The van der Waals surface area contributed by atoms with Crippen molar-refractivity contribution in [3.63, 3.8) is 0 Å². The highest BCUT2D eigenvalue weighted by Crippen LogP contribution is 2.32. The zero-order valence-corrected chi connectivity index (χ0v) is 18.0. The summed E-state index contributed by atoms with van der Waals surface area (Å²) < 4.78 is 5.89. The average Bonchev–Trinajstić information content (AvgIpc) is 3.35. The van der Waals surface area contributed by atoms with Crippen molar-refractivity contribution in [2.75, 3.05) is 5.32 Å². The highest BCUT2D eigenvalue weighted by Gasteiger charge is 2.27. The van der Waals surface area contributed by atoms with Crippen LogP contribution in [0, 0.1) is 6.92 Å². The molecule has 1 saturated heterocycles. The maximum Gasteiger partial charge on any atom is 0.335 e. The predicted molar refractivity (Wildman–Crippen MR) is 123 cm³/mol. The summed E-state index contributed by atoms with van der Waals surface area (Å²) in [6.45, 7) is 4.00. The number of hydrogen-bond donors (Lipinski definition) is 3. The van der Waals surface area contributed by atoms with Crippen LogP contribution >= 0.6 is 11.8 Å². The minimum Gasteiger partial charge on any atom is -0.478 e. The van der Waals surface area contributed by atoms with Gasteiger partial charge in [-0.05, 0) is 60.9 Å². The van der Waals surface area contributed by atoms with Gasteiger partial charge in [0.1, 0.15) is 11.5 Å². The number of amides is 1. The first-order chi connectivity index (χ1) is 14.9. The first-order valence-electron chi connectivity index (χ1n) is 9.92. The third-order valence-corrected chi connectivity index (χ3v) is 6.07. The van der Waals surface area contributed by atoms with E-state index in [1.165, 1.54) is 17.3 Å². The van der Waals surface area contributed by atoms with Gasteiger partial charge in [0.15, 0.2) is 5.50 Å². The van der Waals surface area contributed by atoms with Crippen molar-refractivity contribution < 1.29 is 19.1 Å². The standard InChI is InChI=1S/C24H22N2O4S/c1-3-15-5-8-17(9-6-15)25-24-26-22(27)21(31-24)13-18-10-11-20(30-18)19-12-16(23(28)29)7-4-14(19)2/h4-13,24-25H,3H2,1-2H3,(H,26,27)(H,28,29)/b21-13-/t24-/m1/s1. The van der Waals surface area contributed by atoms with Crippen LogP contribution < -0.4 is 10.6 Å². The molecule has 6 nitrogen and oxygen atoms in total. The molecule has 1 fully saturated rings. The van der Waals surface area contributed by atoms with Gasteiger partial charge in [0.2, 0.25) is 0 Å². The van der Waals surface area contributed by atoms with E-state index in [1.807, 2.05) is 19.1 Å². The van der Waals surface area contributed by atoms with Crippen LogP contribution in [0.15, 0.2) is 63.9 Å².